The summed E-state index contributed by atoms with van der Waals surface area (Å²) in [5, 5.41) is 4.19. The van der Waals surface area contributed by atoms with Crippen LogP contribution in [0.1, 0.15) is 28.8 Å². The van der Waals surface area contributed by atoms with Crippen LogP contribution in [0.15, 0.2) is 60.7 Å². The van der Waals surface area contributed by atoms with Crippen LogP contribution in [0.3, 0.4) is 0 Å². The lowest BCUT2D eigenvalue weighted by Gasteiger charge is -2.18. The second kappa shape index (κ2) is 7.24. The number of hydrogen-bond acceptors (Lipinski definition) is 2. The quantitative estimate of drug-likeness (QED) is 0.639. The molecule has 1 N–H and O–H groups in total. The van der Waals surface area contributed by atoms with E-state index in [-0.39, 0.29) is 18.0 Å². The number of alkyl halides is 3. The Bertz CT molecular complexity index is 1100. The molecule has 1 aliphatic heterocycles. The second-order valence-electron chi connectivity index (χ2n) is 6.83. The number of anilines is 2. The number of benzene rings is 3. The minimum atomic E-state index is -4.55. The molecule has 148 valence electrons. The van der Waals surface area contributed by atoms with Crippen LogP contribution in [0.5, 0.6) is 0 Å². The minimum absolute atomic E-state index is 0.00227. The molecule has 7 heteroatoms. The zero-order chi connectivity index (χ0) is 20.6. The molecule has 0 aromatic heterocycles. The summed E-state index contributed by atoms with van der Waals surface area (Å²) < 4.78 is 39.1. The summed E-state index contributed by atoms with van der Waals surface area (Å²) in [6.45, 7) is 0.307. The Hall–Kier alpha value is -3.35. The molecule has 0 atom stereocenters. The van der Waals surface area contributed by atoms with Crippen molar-refractivity contribution in [2.24, 2.45) is 0 Å². The summed E-state index contributed by atoms with van der Waals surface area (Å²) in [4.78, 5) is 26.5. The Labute approximate surface area is 164 Å². The monoisotopic (exact) mass is 398 g/mol. The van der Waals surface area contributed by atoms with Gasteiger partial charge in [0, 0.05) is 23.9 Å². The van der Waals surface area contributed by atoms with Crippen LogP contribution in [0.2, 0.25) is 0 Å². The molecule has 0 saturated carbocycles. The van der Waals surface area contributed by atoms with Crippen molar-refractivity contribution in [2.75, 3.05) is 16.8 Å². The van der Waals surface area contributed by atoms with Gasteiger partial charge in [0.2, 0.25) is 5.91 Å². The molecular formula is C22H17F3N2O2. The molecule has 4 rings (SSSR count). The van der Waals surface area contributed by atoms with Crippen LogP contribution in [-0.4, -0.2) is 18.4 Å². The third kappa shape index (κ3) is 3.55. The maximum atomic E-state index is 13.0. The van der Waals surface area contributed by atoms with Crippen molar-refractivity contribution in [3.05, 3.63) is 71.8 Å². The molecular weight excluding hydrogens is 381 g/mol. The number of nitrogens with one attached hydrogen (secondary N) is 1. The molecule has 3 aromatic carbocycles. The number of halogens is 3. The van der Waals surface area contributed by atoms with E-state index in [9.17, 15) is 22.8 Å². The van der Waals surface area contributed by atoms with Gasteiger partial charge in [0.25, 0.3) is 5.91 Å². The van der Waals surface area contributed by atoms with E-state index < -0.39 is 17.6 Å². The largest absolute Gasteiger partial charge is 0.418 e. The standard InChI is InChI=1S/C22H17F3N2O2/c23-22(24,25)16-9-1-2-10-17(16)26-19(28)12-5-13-27-18-11-4-7-14-6-3-8-15(20(14)18)21(27)29/h1-4,6-11H,5,12-13H2,(H,26,28). The number of amides is 2. The highest BCUT2D eigenvalue weighted by Crippen LogP contribution is 2.37. The van der Waals surface area contributed by atoms with Gasteiger partial charge in [-0.1, -0.05) is 36.4 Å². The van der Waals surface area contributed by atoms with Crippen LogP contribution < -0.4 is 10.2 Å². The van der Waals surface area contributed by atoms with Gasteiger partial charge in [-0.3, -0.25) is 9.59 Å². The Morgan fingerprint density at radius 1 is 0.966 bits per heavy atom. The predicted octanol–water partition coefficient (Wildman–Crippen LogP) is 5.24. The molecule has 3 aromatic rings. The molecule has 0 saturated heterocycles. The van der Waals surface area contributed by atoms with E-state index in [1.165, 1.54) is 18.2 Å². The number of nitrogens with zero attached hydrogens (tertiary/aromatic N) is 1. The normalized spacial score (nSPS) is 13.2. The SMILES string of the molecule is O=C(CCCN1C(=O)c2cccc3cccc1c23)Nc1ccccc1C(F)(F)F. The van der Waals surface area contributed by atoms with Crippen LogP contribution in [0.4, 0.5) is 24.5 Å². The van der Waals surface area contributed by atoms with Gasteiger partial charge in [-0.2, -0.15) is 13.2 Å². The summed E-state index contributed by atoms with van der Waals surface area (Å²) >= 11 is 0. The first-order valence-corrected chi connectivity index (χ1v) is 9.16. The zero-order valence-corrected chi connectivity index (χ0v) is 15.3. The van der Waals surface area contributed by atoms with E-state index in [1.807, 2.05) is 30.3 Å². The summed E-state index contributed by atoms with van der Waals surface area (Å²) in [7, 11) is 0. The Balaban J connectivity index is 1.41. The van der Waals surface area contributed by atoms with Crippen LogP contribution in [0, 0.1) is 0 Å². The fourth-order valence-corrected chi connectivity index (χ4v) is 3.65. The third-order valence-corrected chi connectivity index (χ3v) is 4.94. The van der Waals surface area contributed by atoms with Crippen molar-refractivity contribution in [1.29, 1.82) is 0 Å². The van der Waals surface area contributed by atoms with Crippen molar-refractivity contribution in [2.45, 2.75) is 19.0 Å². The van der Waals surface area contributed by atoms with Gasteiger partial charge in [-0.25, -0.2) is 0 Å². The first-order valence-electron chi connectivity index (χ1n) is 9.16. The van der Waals surface area contributed by atoms with Crippen LogP contribution in [-0.2, 0) is 11.0 Å². The van der Waals surface area contributed by atoms with Crippen molar-refractivity contribution in [3.8, 4) is 0 Å². The topological polar surface area (TPSA) is 49.4 Å². The number of hydrogen-bond donors (Lipinski definition) is 1. The van der Waals surface area contributed by atoms with Gasteiger partial charge >= 0.3 is 6.18 Å². The average Bonchev–Trinajstić information content (AvgIpc) is 2.96. The average molecular weight is 398 g/mol. The number of carbonyl (C=O) groups is 2. The lowest BCUT2D eigenvalue weighted by molar-refractivity contribution is -0.137. The molecule has 0 spiro atoms. The van der Waals surface area contributed by atoms with E-state index >= 15 is 0 Å². The van der Waals surface area contributed by atoms with Crippen LogP contribution in [0.25, 0.3) is 10.8 Å². The molecule has 0 radical (unpaired) electrons. The highest BCUT2D eigenvalue weighted by molar-refractivity contribution is 6.25. The first kappa shape index (κ1) is 19.0. The van der Waals surface area contributed by atoms with Gasteiger partial charge in [0.15, 0.2) is 0 Å². The van der Waals surface area contributed by atoms with Crippen molar-refractivity contribution in [3.63, 3.8) is 0 Å². The molecule has 1 aliphatic rings. The Kier molecular flexibility index (Phi) is 4.74. The van der Waals surface area contributed by atoms with Gasteiger partial charge in [0.1, 0.15) is 0 Å². The molecule has 0 unspecified atom stereocenters. The van der Waals surface area contributed by atoms with Gasteiger partial charge in [0.05, 0.1) is 16.9 Å². The second-order valence-corrected chi connectivity index (χ2v) is 6.83. The lowest BCUT2D eigenvalue weighted by Crippen LogP contribution is -2.28. The van der Waals surface area contributed by atoms with Crippen molar-refractivity contribution >= 4 is 34.0 Å². The fraction of sp³-hybridized carbons (Fsp3) is 0.182. The number of rotatable bonds is 5. The predicted molar refractivity (Wildman–Crippen MR) is 105 cm³/mol. The molecule has 2 amide bonds. The van der Waals surface area contributed by atoms with E-state index in [1.54, 1.807) is 11.0 Å². The van der Waals surface area contributed by atoms with Gasteiger partial charge in [-0.05, 0) is 36.1 Å². The zero-order valence-electron chi connectivity index (χ0n) is 15.3. The van der Waals surface area contributed by atoms with E-state index in [4.69, 9.17) is 0 Å². The smallest absolute Gasteiger partial charge is 0.326 e. The summed E-state index contributed by atoms with van der Waals surface area (Å²) in [6, 6.07) is 16.1. The molecule has 4 nitrogen and oxygen atoms in total. The molecule has 0 bridgehead atoms. The maximum absolute atomic E-state index is 13.0. The highest BCUT2D eigenvalue weighted by atomic mass is 19.4. The van der Waals surface area contributed by atoms with Crippen LogP contribution >= 0.6 is 0 Å². The summed E-state index contributed by atoms with van der Waals surface area (Å²) in [5.74, 6) is -0.649. The highest BCUT2D eigenvalue weighted by Gasteiger charge is 2.33. The lowest BCUT2D eigenvalue weighted by atomic mass is 10.1. The first-order chi connectivity index (χ1) is 13.9. The summed E-state index contributed by atoms with van der Waals surface area (Å²) in [5.41, 5.74) is 0.275. The van der Waals surface area contributed by atoms with E-state index in [2.05, 4.69) is 5.32 Å². The molecule has 1 heterocycles. The Morgan fingerprint density at radius 2 is 1.69 bits per heavy atom. The Morgan fingerprint density at radius 3 is 2.45 bits per heavy atom. The van der Waals surface area contributed by atoms with E-state index in [0.29, 0.717) is 18.5 Å². The number of carbonyl (C=O) groups excluding carboxylic acids is 2. The maximum Gasteiger partial charge on any atom is 0.418 e. The van der Waals surface area contributed by atoms with Gasteiger partial charge < -0.3 is 10.2 Å². The van der Waals surface area contributed by atoms with E-state index in [0.717, 1.165) is 22.5 Å². The van der Waals surface area contributed by atoms with Gasteiger partial charge in [-0.15, -0.1) is 0 Å². The third-order valence-electron chi connectivity index (χ3n) is 4.94. The molecule has 0 aliphatic carbocycles. The number of para-hydroxylation sites is 1. The molecule has 0 fully saturated rings. The summed E-state index contributed by atoms with van der Waals surface area (Å²) in [6.07, 6.45) is -4.21. The minimum Gasteiger partial charge on any atom is -0.326 e. The van der Waals surface area contributed by atoms with Crippen molar-refractivity contribution in [1.82, 2.24) is 0 Å². The van der Waals surface area contributed by atoms with Crippen molar-refractivity contribution < 1.29 is 22.8 Å². The fourth-order valence-electron chi connectivity index (χ4n) is 3.65. The molecule has 29 heavy (non-hydrogen) atoms.